The lowest BCUT2D eigenvalue weighted by molar-refractivity contribution is 0.521. The van der Waals surface area contributed by atoms with Gasteiger partial charge in [0.2, 0.25) is 10.0 Å². The first-order valence-electron chi connectivity index (χ1n) is 5.87. The molecule has 0 spiro atoms. The molecule has 0 radical (unpaired) electrons. The third-order valence-electron chi connectivity index (χ3n) is 2.82. The van der Waals surface area contributed by atoms with E-state index in [-0.39, 0.29) is 4.90 Å². The second kappa shape index (κ2) is 5.58. The molecule has 0 aliphatic heterocycles. The van der Waals surface area contributed by atoms with Crippen molar-refractivity contribution in [2.45, 2.75) is 31.2 Å². The van der Waals surface area contributed by atoms with Gasteiger partial charge < -0.3 is 11.1 Å². The van der Waals surface area contributed by atoms with E-state index in [9.17, 15) is 8.42 Å². The highest BCUT2D eigenvalue weighted by Crippen LogP contribution is 2.24. The van der Waals surface area contributed by atoms with E-state index in [2.05, 4.69) is 12.2 Å². The number of nitrogens with one attached hydrogen (secondary N) is 1. The molecular formula is C12H21N3O2S. The fraction of sp³-hybridized carbons (Fsp3) is 0.500. The van der Waals surface area contributed by atoms with Gasteiger partial charge in [0.15, 0.2) is 0 Å². The molecule has 0 aliphatic rings. The second-order valence-electron chi connectivity index (χ2n) is 4.49. The van der Waals surface area contributed by atoms with Crippen LogP contribution in [0.4, 0.5) is 11.4 Å². The Morgan fingerprint density at radius 1 is 1.39 bits per heavy atom. The van der Waals surface area contributed by atoms with Crippen molar-refractivity contribution < 1.29 is 8.42 Å². The van der Waals surface area contributed by atoms with Gasteiger partial charge in [-0.1, -0.05) is 6.92 Å². The van der Waals surface area contributed by atoms with Crippen LogP contribution in [0.3, 0.4) is 0 Å². The van der Waals surface area contributed by atoms with Crippen LogP contribution in [0.1, 0.15) is 20.3 Å². The van der Waals surface area contributed by atoms with Crippen molar-refractivity contribution in [3.05, 3.63) is 18.2 Å². The van der Waals surface area contributed by atoms with Gasteiger partial charge in [0, 0.05) is 20.1 Å². The molecule has 1 rings (SSSR count). The lowest BCUT2D eigenvalue weighted by Crippen LogP contribution is -2.22. The zero-order valence-electron chi connectivity index (χ0n) is 11.3. The van der Waals surface area contributed by atoms with E-state index in [0.717, 1.165) is 12.1 Å². The number of nitrogens with zero attached hydrogens (tertiary/aromatic N) is 1. The van der Waals surface area contributed by atoms with Crippen LogP contribution in [-0.2, 0) is 10.0 Å². The van der Waals surface area contributed by atoms with Crippen molar-refractivity contribution in [1.82, 2.24) is 4.31 Å². The number of benzene rings is 1. The monoisotopic (exact) mass is 271 g/mol. The molecular weight excluding hydrogens is 250 g/mol. The Balaban J connectivity index is 3.07. The molecule has 1 aromatic rings. The van der Waals surface area contributed by atoms with Gasteiger partial charge in [0.05, 0.1) is 16.3 Å². The predicted molar refractivity (Wildman–Crippen MR) is 75.1 cm³/mol. The molecule has 0 bridgehead atoms. The molecule has 1 aromatic carbocycles. The average molecular weight is 271 g/mol. The van der Waals surface area contributed by atoms with Gasteiger partial charge in [-0.3, -0.25) is 0 Å². The smallest absolute Gasteiger partial charge is 0.242 e. The first-order valence-corrected chi connectivity index (χ1v) is 7.31. The third-order valence-corrected chi connectivity index (χ3v) is 4.63. The summed E-state index contributed by atoms with van der Waals surface area (Å²) in [5, 5.41) is 3.23. The maximum absolute atomic E-state index is 11.9. The van der Waals surface area contributed by atoms with E-state index in [1.807, 2.05) is 6.92 Å². The normalized spacial score (nSPS) is 13.6. The fourth-order valence-electron chi connectivity index (χ4n) is 1.41. The maximum atomic E-state index is 11.9. The Bertz CT molecular complexity index is 512. The number of anilines is 2. The highest BCUT2D eigenvalue weighted by Gasteiger charge is 2.18. The number of nitrogen functional groups attached to an aromatic ring is 1. The minimum absolute atomic E-state index is 0.208. The number of rotatable bonds is 5. The molecule has 0 heterocycles. The predicted octanol–water partition coefficient (Wildman–Crippen LogP) is 1.73. The van der Waals surface area contributed by atoms with Crippen LogP contribution in [0.15, 0.2) is 23.1 Å². The fourth-order valence-corrected chi connectivity index (χ4v) is 2.35. The van der Waals surface area contributed by atoms with Gasteiger partial charge in [0.1, 0.15) is 0 Å². The first kappa shape index (κ1) is 14.8. The van der Waals surface area contributed by atoms with Crippen LogP contribution < -0.4 is 11.1 Å². The molecule has 18 heavy (non-hydrogen) atoms. The van der Waals surface area contributed by atoms with Gasteiger partial charge in [-0.15, -0.1) is 0 Å². The summed E-state index contributed by atoms with van der Waals surface area (Å²) < 4.78 is 25.0. The Morgan fingerprint density at radius 3 is 2.44 bits per heavy atom. The molecule has 0 aromatic heterocycles. The van der Waals surface area contributed by atoms with E-state index in [0.29, 0.717) is 11.7 Å². The van der Waals surface area contributed by atoms with Crippen molar-refractivity contribution in [2.75, 3.05) is 25.1 Å². The molecule has 0 aliphatic carbocycles. The van der Waals surface area contributed by atoms with E-state index in [1.165, 1.54) is 24.5 Å². The van der Waals surface area contributed by atoms with Gasteiger partial charge in [-0.05, 0) is 31.5 Å². The molecule has 1 atom stereocenters. The zero-order valence-corrected chi connectivity index (χ0v) is 12.1. The van der Waals surface area contributed by atoms with Crippen LogP contribution in [0.5, 0.6) is 0 Å². The van der Waals surface area contributed by atoms with Gasteiger partial charge in [0.25, 0.3) is 0 Å². The molecule has 0 saturated heterocycles. The first-order chi connectivity index (χ1) is 8.28. The van der Waals surface area contributed by atoms with Crippen LogP contribution in [-0.4, -0.2) is 32.9 Å². The highest BCUT2D eigenvalue weighted by atomic mass is 32.2. The zero-order chi connectivity index (χ0) is 13.9. The minimum atomic E-state index is -3.42. The van der Waals surface area contributed by atoms with Crippen molar-refractivity contribution in [1.29, 1.82) is 0 Å². The lowest BCUT2D eigenvalue weighted by Gasteiger charge is -2.17. The van der Waals surface area contributed by atoms with Crippen LogP contribution in [0, 0.1) is 0 Å². The van der Waals surface area contributed by atoms with Crippen molar-refractivity contribution in [2.24, 2.45) is 0 Å². The maximum Gasteiger partial charge on any atom is 0.242 e. The Labute approximate surface area is 109 Å². The molecule has 6 heteroatoms. The topological polar surface area (TPSA) is 75.4 Å². The summed E-state index contributed by atoms with van der Waals surface area (Å²) in [6.45, 7) is 4.11. The average Bonchev–Trinajstić information content (AvgIpc) is 2.31. The van der Waals surface area contributed by atoms with Crippen LogP contribution in [0.2, 0.25) is 0 Å². The Kier molecular flexibility index (Phi) is 4.59. The molecule has 0 fully saturated rings. The summed E-state index contributed by atoms with van der Waals surface area (Å²) >= 11 is 0. The number of hydrogen-bond acceptors (Lipinski definition) is 4. The molecule has 0 saturated carbocycles. The molecule has 102 valence electrons. The molecule has 1 unspecified atom stereocenters. The van der Waals surface area contributed by atoms with Gasteiger partial charge >= 0.3 is 0 Å². The summed E-state index contributed by atoms with van der Waals surface area (Å²) in [5.41, 5.74) is 7.08. The second-order valence-corrected chi connectivity index (χ2v) is 6.64. The summed E-state index contributed by atoms with van der Waals surface area (Å²) in [6.07, 6.45) is 0.969. The van der Waals surface area contributed by atoms with Crippen molar-refractivity contribution in [3.8, 4) is 0 Å². The summed E-state index contributed by atoms with van der Waals surface area (Å²) in [6, 6.07) is 5.05. The van der Waals surface area contributed by atoms with E-state index >= 15 is 0 Å². The number of hydrogen-bond donors (Lipinski definition) is 2. The largest absolute Gasteiger partial charge is 0.397 e. The lowest BCUT2D eigenvalue weighted by atomic mass is 10.2. The van der Waals surface area contributed by atoms with E-state index < -0.39 is 10.0 Å². The van der Waals surface area contributed by atoms with Crippen molar-refractivity contribution in [3.63, 3.8) is 0 Å². The third kappa shape index (κ3) is 3.14. The summed E-state index contributed by atoms with van der Waals surface area (Å²) in [5.74, 6) is 0. The SMILES string of the molecule is CCC(C)Nc1ccc(S(=O)(=O)N(C)C)cc1N. The minimum Gasteiger partial charge on any atom is -0.397 e. The molecule has 3 N–H and O–H groups in total. The van der Waals surface area contributed by atoms with Gasteiger partial charge in [-0.2, -0.15) is 0 Å². The summed E-state index contributed by atoms with van der Waals surface area (Å²) in [4.78, 5) is 0.208. The summed E-state index contributed by atoms with van der Waals surface area (Å²) in [7, 11) is -0.431. The number of sulfonamides is 1. The van der Waals surface area contributed by atoms with E-state index in [1.54, 1.807) is 12.1 Å². The van der Waals surface area contributed by atoms with E-state index in [4.69, 9.17) is 5.73 Å². The van der Waals surface area contributed by atoms with Crippen molar-refractivity contribution >= 4 is 21.4 Å². The Morgan fingerprint density at radius 2 is 2.00 bits per heavy atom. The quantitative estimate of drug-likeness (QED) is 0.800. The highest BCUT2D eigenvalue weighted by molar-refractivity contribution is 7.89. The molecule has 5 nitrogen and oxygen atoms in total. The molecule has 0 amide bonds. The standard InChI is InChI=1S/C12H21N3O2S/c1-5-9(2)14-12-7-6-10(8-11(12)13)18(16,17)15(3)4/h6-9,14H,5,13H2,1-4H3. The number of nitrogens with two attached hydrogens (primary N) is 1. The Hall–Kier alpha value is -1.27. The van der Waals surface area contributed by atoms with Crippen LogP contribution >= 0.6 is 0 Å². The van der Waals surface area contributed by atoms with Crippen LogP contribution in [0.25, 0.3) is 0 Å². The van der Waals surface area contributed by atoms with Gasteiger partial charge in [-0.25, -0.2) is 12.7 Å².